The number of rotatable bonds is 7. The fraction of sp³-hybridized carbons (Fsp3) is 0.375. The van der Waals surface area contributed by atoms with Crippen molar-refractivity contribution in [2.75, 3.05) is 19.0 Å². The highest BCUT2D eigenvalue weighted by Gasteiger charge is 2.07. The molecule has 0 aromatic carbocycles. The van der Waals surface area contributed by atoms with Crippen molar-refractivity contribution in [1.82, 2.24) is 10.3 Å². The van der Waals surface area contributed by atoms with Gasteiger partial charge in [0.1, 0.15) is 5.82 Å². The minimum atomic E-state index is 0.0973. The predicted octanol–water partition coefficient (Wildman–Crippen LogP) is 2.85. The highest BCUT2D eigenvalue weighted by Crippen LogP contribution is 2.14. The van der Waals surface area contributed by atoms with Gasteiger partial charge in [0.05, 0.1) is 0 Å². The Morgan fingerprint density at radius 1 is 1.33 bits per heavy atom. The van der Waals surface area contributed by atoms with Crippen molar-refractivity contribution in [2.24, 2.45) is 0 Å². The largest absolute Gasteiger partial charge is 0.362 e. The molecule has 5 heteroatoms. The summed E-state index contributed by atoms with van der Waals surface area (Å²) in [6.45, 7) is 0.527. The topological polar surface area (TPSA) is 45.2 Å². The molecule has 2 aromatic heterocycles. The van der Waals surface area contributed by atoms with E-state index in [1.165, 1.54) is 4.88 Å². The van der Waals surface area contributed by atoms with Gasteiger partial charge in [0.2, 0.25) is 5.91 Å². The second-order valence-electron chi connectivity index (χ2n) is 5.09. The number of hydrogen-bond donors (Lipinski definition) is 1. The molecule has 0 radical (unpaired) electrons. The number of carbonyl (C=O) groups excluding carboxylic acids is 1. The summed E-state index contributed by atoms with van der Waals surface area (Å²) in [4.78, 5) is 19.5. The zero-order valence-corrected chi connectivity index (χ0v) is 13.3. The Labute approximate surface area is 129 Å². The first kappa shape index (κ1) is 15.5. The Hall–Kier alpha value is -1.88. The number of nitrogens with one attached hydrogen (secondary N) is 1. The van der Waals surface area contributed by atoms with Gasteiger partial charge in [-0.05, 0) is 30.4 Å². The molecule has 0 atom stereocenters. The van der Waals surface area contributed by atoms with E-state index in [0.717, 1.165) is 24.2 Å². The molecule has 21 heavy (non-hydrogen) atoms. The van der Waals surface area contributed by atoms with Crippen molar-refractivity contribution in [2.45, 2.75) is 25.8 Å². The normalized spacial score (nSPS) is 10.4. The summed E-state index contributed by atoms with van der Waals surface area (Å²) < 4.78 is 0. The smallest absolute Gasteiger partial charge is 0.220 e. The molecule has 112 valence electrons. The molecule has 1 amide bonds. The maximum Gasteiger partial charge on any atom is 0.220 e. The van der Waals surface area contributed by atoms with Gasteiger partial charge in [-0.15, -0.1) is 11.3 Å². The summed E-state index contributed by atoms with van der Waals surface area (Å²) in [5.41, 5.74) is 1.04. The summed E-state index contributed by atoms with van der Waals surface area (Å²) in [5, 5.41) is 5.04. The van der Waals surface area contributed by atoms with Gasteiger partial charge in [-0.25, -0.2) is 4.98 Å². The Morgan fingerprint density at radius 2 is 2.19 bits per heavy atom. The second-order valence-corrected chi connectivity index (χ2v) is 6.12. The monoisotopic (exact) mass is 303 g/mol. The molecule has 0 saturated heterocycles. The third-order valence-corrected chi connectivity index (χ3v) is 4.11. The minimum absolute atomic E-state index is 0.0973. The van der Waals surface area contributed by atoms with Gasteiger partial charge in [-0.2, -0.15) is 0 Å². The summed E-state index contributed by atoms with van der Waals surface area (Å²) in [6, 6.07) is 8.05. The van der Waals surface area contributed by atoms with Gasteiger partial charge in [0.15, 0.2) is 0 Å². The van der Waals surface area contributed by atoms with E-state index in [1.807, 2.05) is 37.2 Å². The van der Waals surface area contributed by atoms with Crippen molar-refractivity contribution < 1.29 is 4.79 Å². The molecule has 0 unspecified atom stereocenters. The van der Waals surface area contributed by atoms with E-state index < -0.39 is 0 Å². The molecule has 0 bridgehead atoms. The van der Waals surface area contributed by atoms with E-state index in [0.29, 0.717) is 13.0 Å². The van der Waals surface area contributed by atoms with Crippen LogP contribution in [0.2, 0.25) is 0 Å². The van der Waals surface area contributed by atoms with Crippen molar-refractivity contribution >= 4 is 23.1 Å². The van der Waals surface area contributed by atoms with Crippen LogP contribution in [0.3, 0.4) is 0 Å². The molecule has 2 rings (SSSR count). The molecule has 0 aliphatic carbocycles. The van der Waals surface area contributed by atoms with Crippen LogP contribution < -0.4 is 10.2 Å². The maximum absolute atomic E-state index is 11.9. The van der Waals surface area contributed by atoms with Crippen molar-refractivity contribution in [3.63, 3.8) is 0 Å². The molecule has 0 aliphatic rings. The third-order valence-electron chi connectivity index (χ3n) is 3.17. The lowest BCUT2D eigenvalue weighted by Crippen LogP contribution is -2.24. The van der Waals surface area contributed by atoms with E-state index in [2.05, 4.69) is 21.7 Å². The van der Waals surface area contributed by atoms with E-state index in [-0.39, 0.29) is 5.91 Å². The Balaban J connectivity index is 1.76. The van der Waals surface area contributed by atoms with Crippen LogP contribution in [0, 0.1) is 0 Å². The van der Waals surface area contributed by atoms with Gasteiger partial charge in [0.25, 0.3) is 0 Å². The number of anilines is 1. The van der Waals surface area contributed by atoms with E-state index in [1.54, 1.807) is 17.5 Å². The molecule has 2 aromatic rings. The molecule has 0 saturated carbocycles. The first-order valence-electron chi connectivity index (χ1n) is 7.07. The average Bonchev–Trinajstić information content (AvgIpc) is 2.98. The standard InChI is InChI=1S/C16H21N3OS/c1-19(2)16-13(6-4-10-17-16)12-18-15(20)9-3-7-14-8-5-11-21-14/h4-6,8,10-11H,3,7,9,12H2,1-2H3,(H,18,20). The molecule has 0 fully saturated rings. The summed E-state index contributed by atoms with van der Waals surface area (Å²) in [5.74, 6) is 0.997. The zero-order valence-electron chi connectivity index (χ0n) is 12.5. The number of carbonyl (C=O) groups is 1. The molecule has 4 nitrogen and oxygen atoms in total. The van der Waals surface area contributed by atoms with Crippen LogP contribution in [0.15, 0.2) is 35.8 Å². The van der Waals surface area contributed by atoms with Crippen LogP contribution >= 0.6 is 11.3 Å². The summed E-state index contributed by atoms with van der Waals surface area (Å²) >= 11 is 1.74. The van der Waals surface area contributed by atoms with Gasteiger partial charge in [0, 0.05) is 43.7 Å². The zero-order chi connectivity index (χ0) is 15.1. The molecular weight excluding hydrogens is 282 g/mol. The Kier molecular flexibility index (Phi) is 5.75. The number of amides is 1. The number of thiophene rings is 1. The van der Waals surface area contributed by atoms with Crippen LogP contribution in [-0.2, 0) is 17.8 Å². The first-order chi connectivity index (χ1) is 10.2. The minimum Gasteiger partial charge on any atom is -0.362 e. The molecule has 1 N–H and O–H groups in total. The molecule has 0 spiro atoms. The van der Waals surface area contributed by atoms with Crippen LogP contribution in [0.25, 0.3) is 0 Å². The summed E-state index contributed by atoms with van der Waals surface area (Å²) in [6.07, 6.45) is 4.19. The molecule has 0 aliphatic heterocycles. The van der Waals surface area contributed by atoms with Crippen molar-refractivity contribution in [1.29, 1.82) is 0 Å². The number of aryl methyl sites for hydroxylation is 1. The number of aromatic nitrogens is 1. The Bertz CT molecular complexity index is 567. The lowest BCUT2D eigenvalue weighted by molar-refractivity contribution is -0.121. The van der Waals surface area contributed by atoms with Crippen LogP contribution in [0.4, 0.5) is 5.82 Å². The van der Waals surface area contributed by atoms with Crippen LogP contribution in [0.1, 0.15) is 23.3 Å². The van der Waals surface area contributed by atoms with E-state index in [4.69, 9.17) is 0 Å². The molecule has 2 heterocycles. The fourth-order valence-corrected chi connectivity index (χ4v) is 2.88. The number of pyridine rings is 1. The number of hydrogen-bond acceptors (Lipinski definition) is 4. The lowest BCUT2D eigenvalue weighted by Gasteiger charge is -2.16. The van der Waals surface area contributed by atoms with Crippen LogP contribution in [0.5, 0.6) is 0 Å². The quantitative estimate of drug-likeness (QED) is 0.855. The first-order valence-corrected chi connectivity index (χ1v) is 7.95. The van der Waals surface area contributed by atoms with Gasteiger partial charge in [-0.1, -0.05) is 12.1 Å². The van der Waals surface area contributed by atoms with Crippen LogP contribution in [-0.4, -0.2) is 25.0 Å². The lowest BCUT2D eigenvalue weighted by atomic mass is 10.2. The second kappa shape index (κ2) is 7.78. The highest BCUT2D eigenvalue weighted by atomic mass is 32.1. The SMILES string of the molecule is CN(C)c1ncccc1CNC(=O)CCCc1cccs1. The van der Waals surface area contributed by atoms with Gasteiger partial charge < -0.3 is 10.2 Å². The summed E-state index contributed by atoms with van der Waals surface area (Å²) in [7, 11) is 3.91. The highest BCUT2D eigenvalue weighted by molar-refractivity contribution is 7.09. The Morgan fingerprint density at radius 3 is 2.90 bits per heavy atom. The van der Waals surface area contributed by atoms with Gasteiger partial charge in [-0.3, -0.25) is 4.79 Å². The van der Waals surface area contributed by atoms with Crippen molar-refractivity contribution in [3.8, 4) is 0 Å². The third kappa shape index (κ3) is 4.86. The molecular formula is C16H21N3OS. The van der Waals surface area contributed by atoms with E-state index in [9.17, 15) is 4.79 Å². The fourth-order valence-electron chi connectivity index (χ4n) is 2.13. The van der Waals surface area contributed by atoms with Crippen molar-refractivity contribution in [3.05, 3.63) is 46.3 Å². The average molecular weight is 303 g/mol. The predicted molar refractivity (Wildman–Crippen MR) is 87.7 cm³/mol. The van der Waals surface area contributed by atoms with E-state index >= 15 is 0 Å². The number of nitrogens with zero attached hydrogens (tertiary/aromatic N) is 2. The maximum atomic E-state index is 11.9. The van der Waals surface area contributed by atoms with Gasteiger partial charge >= 0.3 is 0 Å².